The lowest BCUT2D eigenvalue weighted by atomic mass is 9.67. The summed E-state index contributed by atoms with van der Waals surface area (Å²) in [5.41, 5.74) is 0. The SMILES string of the molecule is CSCCSC1CCC(CSCCSNSCSC)CCC2C(CC(SCCSC)C(SCSN)C1)C(SCSN)C2SCCSNSCSC. The second kappa shape index (κ2) is 37.2. The van der Waals surface area contributed by atoms with Gasteiger partial charge in [-0.2, -0.15) is 94.1 Å². The predicted molar refractivity (Wildman–Crippen MR) is 280 cm³/mol. The van der Waals surface area contributed by atoms with Gasteiger partial charge in [-0.25, -0.2) is 8.25 Å². The Kier molecular flexibility index (Phi) is 38.4. The molecule has 0 amide bonds. The van der Waals surface area contributed by atoms with Crippen LogP contribution in [-0.2, 0) is 0 Å². The van der Waals surface area contributed by atoms with Gasteiger partial charge in [0.25, 0.3) is 0 Å². The van der Waals surface area contributed by atoms with Gasteiger partial charge < -0.3 is 0 Å². The van der Waals surface area contributed by atoms with Crippen molar-refractivity contribution in [2.45, 2.75) is 64.8 Å². The van der Waals surface area contributed by atoms with E-state index in [1.807, 2.05) is 94.8 Å². The molecular formula is C31H64N4S16. The maximum absolute atomic E-state index is 6.12. The molecule has 20 heteroatoms. The van der Waals surface area contributed by atoms with Gasteiger partial charge in [-0.15, -0.1) is 23.5 Å². The number of rotatable bonds is 31. The lowest BCUT2D eigenvalue weighted by Gasteiger charge is -2.54. The van der Waals surface area contributed by atoms with Crippen LogP contribution in [0.5, 0.6) is 0 Å². The summed E-state index contributed by atoms with van der Waals surface area (Å²) in [5.74, 6) is 13.6. The Morgan fingerprint density at radius 3 is 1.75 bits per heavy atom. The third-order valence-electron chi connectivity index (χ3n) is 8.64. The molecule has 8 unspecified atom stereocenters. The maximum atomic E-state index is 6.12. The van der Waals surface area contributed by atoms with Crippen molar-refractivity contribution in [3.63, 3.8) is 0 Å². The number of fused-ring (bicyclic) bond motifs is 1. The molecule has 0 aromatic heterocycles. The first-order valence-corrected chi connectivity index (χ1v) is 35.4. The molecule has 0 spiro atoms. The Morgan fingerprint density at radius 2 is 1.08 bits per heavy atom. The standard InChI is InChI=1S/C31H64N4S16/c1-36-9-12-41-25-7-5-24(19-40-11-15-48-34-50-20-38-3)6-8-26-27(18-29(42-13-10-37-2)28(17-25)44-22-46-32)31(45-23-47-33)30(26)43-14-16-49-35-51-21-39-4/h24-31,34-35H,5-23,32-33H2,1-4H3. The van der Waals surface area contributed by atoms with Crippen molar-refractivity contribution in [3.05, 3.63) is 0 Å². The van der Waals surface area contributed by atoms with Crippen LogP contribution in [0.25, 0.3) is 0 Å². The van der Waals surface area contributed by atoms with Gasteiger partial charge in [0.15, 0.2) is 0 Å². The molecule has 51 heavy (non-hydrogen) atoms. The molecule has 2 saturated carbocycles. The van der Waals surface area contributed by atoms with Crippen molar-refractivity contribution in [1.29, 1.82) is 0 Å². The summed E-state index contributed by atoms with van der Waals surface area (Å²) in [4.78, 5) is 0. The molecular weight excluding hydrogens is 941 g/mol. The molecule has 0 aliphatic heterocycles. The molecule has 8 atom stereocenters. The summed E-state index contributed by atoms with van der Waals surface area (Å²) < 4.78 is 6.98. The normalized spacial score (nSPS) is 27.4. The van der Waals surface area contributed by atoms with Crippen LogP contribution in [0.3, 0.4) is 0 Å². The third kappa shape index (κ3) is 24.5. The molecule has 2 aliphatic rings. The maximum Gasteiger partial charge on any atom is 0.0542 e. The van der Waals surface area contributed by atoms with Crippen LogP contribution in [0.1, 0.15) is 38.5 Å². The topological polar surface area (TPSA) is 76.1 Å². The van der Waals surface area contributed by atoms with E-state index in [-0.39, 0.29) is 0 Å². The summed E-state index contributed by atoms with van der Waals surface area (Å²) in [7, 11) is 0. The van der Waals surface area contributed by atoms with Crippen molar-refractivity contribution in [2.75, 3.05) is 97.1 Å². The highest BCUT2D eigenvalue weighted by molar-refractivity contribution is 8.21. The van der Waals surface area contributed by atoms with Crippen molar-refractivity contribution in [2.24, 2.45) is 28.0 Å². The molecule has 0 radical (unpaired) electrons. The average molecular weight is 1010 g/mol. The highest BCUT2D eigenvalue weighted by Gasteiger charge is 2.51. The highest BCUT2D eigenvalue weighted by atomic mass is 32.3. The minimum atomic E-state index is 0.670. The van der Waals surface area contributed by atoms with Crippen LogP contribution in [0.4, 0.5) is 0 Å². The van der Waals surface area contributed by atoms with E-state index in [0.29, 0.717) is 15.7 Å². The van der Waals surface area contributed by atoms with Gasteiger partial charge in [0, 0.05) is 72.3 Å². The summed E-state index contributed by atoms with van der Waals surface area (Å²) in [6.45, 7) is 0. The minimum Gasteiger partial charge on any atom is -0.277 e. The molecule has 0 aromatic rings. The second-order valence-corrected chi connectivity index (χ2v) is 29.9. The fourth-order valence-electron chi connectivity index (χ4n) is 6.30. The Labute approximate surface area is 382 Å². The van der Waals surface area contributed by atoms with E-state index >= 15 is 0 Å². The van der Waals surface area contributed by atoms with Crippen LogP contribution in [0, 0.1) is 17.8 Å². The van der Waals surface area contributed by atoms with Crippen molar-refractivity contribution < 1.29 is 0 Å². The smallest absolute Gasteiger partial charge is 0.0542 e. The number of nitrogens with two attached hydrogens (primary N) is 2. The first-order valence-electron chi connectivity index (χ1n) is 17.3. The van der Waals surface area contributed by atoms with E-state index in [0.717, 1.165) is 48.6 Å². The lowest BCUT2D eigenvalue weighted by molar-refractivity contribution is 0.162. The highest BCUT2D eigenvalue weighted by Crippen LogP contribution is 2.56. The van der Waals surface area contributed by atoms with E-state index in [2.05, 4.69) is 104 Å². The van der Waals surface area contributed by atoms with E-state index in [1.54, 1.807) is 0 Å². The minimum absolute atomic E-state index is 0.670. The van der Waals surface area contributed by atoms with Gasteiger partial charge in [0.05, 0.1) is 20.3 Å². The zero-order valence-corrected chi connectivity index (χ0v) is 43.8. The van der Waals surface area contributed by atoms with Crippen LogP contribution >= 0.6 is 189 Å². The van der Waals surface area contributed by atoms with Crippen molar-refractivity contribution in [3.8, 4) is 0 Å². The number of thioether (sulfide) groups is 10. The lowest BCUT2D eigenvalue weighted by Crippen LogP contribution is -2.54. The summed E-state index contributed by atoms with van der Waals surface area (Å²) in [6.07, 6.45) is 17.1. The van der Waals surface area contributed by atoms with Gasteiger partial charge >= 0.3 is 0 Å². The fourth-order valence-corrected chi connectivity index (χ4v) is 22.2. The summed E-state index contributed by atoms with van der Waals surface area (Å²) in [5, 5.41) is 20.0. The van der Waals surface area contributed by atoms with Crippen LogP contribution in [0.15, 0.2) is 0 Å². The van der Waals surface area contributed by atoms with Crippen molar-refractivity contribution >= 4 is 189 Å². The van der Waals surface area contributed by atoms with Crippen LogP contribution in [-0.4, -0.2) is 123 Å². The van der Waals surface area contributed by atoms with Crippen LogP contribution < -0.4 is 18.5 Å². The molecule has 0 heterocycles. The Bertz CT molecular complexity index is 787. The predicted octanol–water partition coefficient (Wildman–Crippen LogP) is 11.7. The third-order valence-corrected chi connectivity index (χ3v) is 26.3. The first-order chi connectivity index (χ1) is 25.1. The fraction of sp³-hybridized carbons (Fsp3) is 1.00. The number of hydrogen-bond donors (Lipinski definition) is 4. The van der Waals surface area contributed by atoms with Gasteiger partial charge in [0.1, 0.15) is 0 Å². The monoisotopic (exact) mass is 1000 g/mol. The van der Waals surface area contributed by atoms with E-state index in [4.69, 9.17) is 10.3 Å². The molecule has 0 saturated heterocycles. The molecule has 2 aliphatic carbocycles. The van der Waals surface area contributed by atoms with Crippen LogP contribution in [0.2, 0.25) is 0 Å². The van der Waals surface area contributed by atoms with E-state index in [9.17, 15) is 0 Å². The zero-order valence-electron chi connectivity index (χ0n) is 30.7. The quantitative estimate of drug-likeness (QED) is 0.0302. The largest absolute Gasteiger partial charge is 0.277 e. The molecule has 4 nitrogen and oxygen atoms in total. The van der Waals surface area contributed by atoms with Gasteiger partial charge in [-0.3, -0.25) is 10.3 Å². The molecule has 2 rings (SSSR count). The van der Waals surface area contributed by atoms with E-state index in [1.165, 1.54) is 114 Å². The van der Waals surface area contributed by atoms with Gasteiger partial charge in [0.2, 0.25) is 0 Å². The molecule has 2 fully saturated rings. The summed E-state index contributed by atoms with van der Waals surface area (Å²) >= 11 is 31.7. The molecule has 0 bridgehead atoms. The van der Waals surface area contributed by atoms with Gasteiger partial charge in [-0.1, -0.05) is 71.7 Å². The van der Waals surface area contributed by atoms with Gasteiger partial charge in [-0.05, 0) is 87.1 Å². The molecule has 0 aromatic carbocycles. The molecule has 6 N–H and O–H groups in total. The average Bonchev–Trinajstić information content (AvgIpc) is 3.13. The first kappa shape index (κ1) is 52.6. The Balaban J connectivity index is 2.27. The number of hydrogen-bond acceptors (Lipinski definition) is 20. The Morgan fingerprint density at radius 1 is 0.490 bits per heavy atom. The summed E-state index contributed by atoms with van der Waals surface area (Å²) in [6, 6.07) is 0. The second-order valence-electron chi connectivity index (χ2n) is 12.0. The van der Waals surface area contributed by atoms with Crippen molar-refractivity contribution in [1.82, 2.24) is 8.25 Å². The Hall–Kier alpha value is 5.44. The zero-order chi connectivity index (χ0) is 36.8. The van der Waals surface area contributed by atoms with E-state index < -0.39 is 0 Å². The number of nitrogens with one attached hydrogen (secondary N) is 2. The molecule has 304 valence electrons.